The molecule has 2 aromatic carbocycles. The first-order valence-electron chi connectivity index (χ1n) is 12.8. The van der Waals surface area contributed by atoms with Crippen LogP contribution in [0.4, 0.5) is 0 Å². The van der Waals surface area contributed by atoms with Gasteiger partial charge in [-0.3, -0.25) is 14.2 Å². The minimum absolute atomic E-state index is 0.161. The molecule has 1 saturated heterocycles. The zero-order chi connectivity index (χ0) is 24.6. The molecule has 0 saturated carbocycles. The Bertz CT molecular complexity index is 1580. The molecule has 4 heterocycles. The van der Waals surface area contributed by atoms with E-state index in [-0.39, 0.29) is 5.91 Å². The van der Waals surface area contributed by atoms with Gasteiger partial charge < -0.3 is 10.2 Å². The van der Waals surface area contributed by atoms with E-state index in [0.29, 0.717) is 11.6 Å². The number of piperidine rings is 1. The van der Waals surface area contributed by atoms with Gasteiger partial charge >= 0.3 is 0 Å². The van der Waals surface area contributed by atoms with Crippen LogP contribution in [0.25, 0.3) is 27.3 Å². The molecule has 1 aliphatic heterocycles. The average Bonchev–Trinajstić information content (AvgIpc) is 3.36. The van der Waals surface area contributed by atoms with Crippen molar-refractivity contribution in [3.8, 4) is 0 Å². The minimum Gasteiger partial charge on any atom is -0.354 e. The summed E-state index contributed by atoms with van der Waals surface area (Å²) in [6.45, 7) is 5.34. The quantitative estimate of drug-likeness (QED) is 0.381. The molecule has 36 heavy (non-hydrogen) atoms. The number of nitrogens with zero attached hydrogens (tertiary/aromatic N) is 4. The lowest BCUT2D eigenvalue weighted by atomic mass is 9.87. The van der Waals surface area contributed by atoms with Crippen molar-refractivity contribution in [2.45, 2.75) is 32.1 Å². The van der Waals surface area contributed by atoms with Gasteiger partial charge in [-0.25, -0.2) is 4.98 Å². The lowest BCUT2D eigenvalue weighted by molar-refractivity contribution is 0.0960. The molecule has 5 aromatic rings. The number of aryl methyl sites for hydroxylation is 1. The van der Waals surface area contributed by atoms with Crippen LogP contribution in [0.1, 0.15) is 46.1 Å². The highest BCUT2D eigenvalue weighted by Gasteiger charge is 2.22. The van der Waals surface area contributed by atoms with Crippen LogP contribution in [0, 0.1) is 6.92 Å². The molecule has 1 aliphatic rings. The smallest absolute Gasteiger partial charge is 0.271 e. The number of carbonyl (C=O) groups excluding carboxylic acids is 1. The normalized spacial score (nSPS) is 15.2. The van der Waals surface area contributed by atoms with Gasteiger partial charge in [0.1, 0.15) is 6.33 Å². The molecule has 1 fully saturated rings. The average molecular weight is 478 g/mol. The molecule has 6 heteroatoms. The highest BCUT2D eigenvalue weighted by atomic mass is 16.1. The van der Waals surface area contributed by atoms with Gasteiger partial charge in [-0.15, -0.1) is 0 Å². The highest BCUT2D eigenvalue weighted by Crippen LogP contribution is 2.33. The third-order valence-electron chi connectivity index (χ3n) is 7.72. The van der Waals surface area contributed by atoms with E-state index in [4.69, 9.17) is 4.98 Å². The first-order chi connectivity index (χ1) is 17.6. The Balaban J connectivity index is 1.16. The molecular formula is C30H31N5O. The van der Waals surface area contributed by atoms with E-state index in [2.05, 4.69) is 76.7 Å². The number of carbonyl (C=O) groups is 1. The SMILES string of the molecule is CNC(=O)c1ncn2c1ccc1c(CCN3CCC(c4cccc5nc(C)ccc45)CC3)cccc12. The second-order valence-electron chi connectivity index (χ2n) is 9.84. The van der Waals surface area contributed by atoms with Gasteiger partial charge in [0, 0.05) is 30.1 Å². The van der Waals surface area contributed by atoms with Crippen molar-refractivity contribution in [2.75, 3.05) is 26.7 Å². The summed E-state index contributed by atoms with van der Waals surface area (Å²) < 4.78 is 2.02. The topological polar surface area (TPSA) is 62.5 Å². The molecule has 0 spiro atoms. The van der Waals surface area contributed by atoms with Gasteiger partial charge in [-0.2, -0.15) is 0 Å². The van der Waals surface area contributed by atoms with Crippen LogP contribution in [-0.2, 0) is 6.42 Å². The third kappa shape index (κ3) is 4.01. The molecule has 0 bridgehead atoms. The van der Waals surface area contributed by atoms with Crippen molar-refractivity contribution in [1.29, 1.82) is 0 Å². The van der Waals surface area contributed by atoms with Crippen LogP contribution >= 0.6 is 0 Å². The molecule has 6 nitrogen and oxygen atoms in total. The number of hydrogen-bond donors (Lipinski definition) is 1. The molecule has 0 unspecified atom stereocenters. The van der Waals surface area contributed by atoms with Crippen molar-refractivity contribution in [3.05, 3.63) is 89.5 Å². The molecule has 6 rings (SSSR count). The Morgan fingerprint density at radius 3 is 2.61 bits per heavy atom. The number of fused-ring (bicyclic) bond motifs is 4. The number of amides is 1. The molecule has 0 radical (unpaired) electrons. The first kappa shape index (κ1) is 22.7. The Hall–Kier alpha value is -3.77. The Morgan fingerprint density at radius 2 is 1.78 bits per heavy atom. The largest absolute Gasteiger partial charge is 0.354 e. The van der Waals surface area contributed by atoms with Crippen molar-refractivity contribution in [1.82, 2.24) is 24.6 Å². The Labute approximate surface area is 211 Å². The maximum Gasteiger partial charge on any atom is 0.271 e. The third-order valence-corrected chi connectivity index (χ3v) is 7.72. The molecule has 182 valence electrons. The monoisotopic (exact) mass is 477 g/mol. The van der Waals surface area contributed by atoms with Crippen LogP contribution < -0.4 is 5.32 Å². The van der Waals surface area contributed by atoms with Crippen molar-refractivity contribution >= 4 is 33.2 Å². The number of imidazole rings is 1. The van der Waals surface area contributed by atoms with Gasteiger partial charge in [0.2, 0.25) is 0 Å². The number of rotatable bonds is 5. The molecule has 3 aromatic heterocycles. The van der Waals surface area contributed by atoms with Crippen LogP contribution in [-0.4, -0.2) is 51.9 Å². The number of nitrogens with one attached hydrogen (secondary N) is 1. The van der Waals surface area contributed by atoms with Crippen LogP contribution in [0.5, 0.6) is 0 Å². The number of hydrogen-bond acceptors (Lipinski definition) is 4. The van der Waals surface area contributed by atoms with Crippen molar-refractivity contribution in [2.24, 2.45) is 0 Å². The lowest BCUT2D eigenvalue weighted by Gasteiger charge is -2.32. The molecule has 1 amide bonds. The fraction of sp³-hybridized carbons (Fsp3) is 0.300. The predicted octanol–water partition coefficient (Wildman–Crippen LogP) is 5.13. The number of pyridine rings is 2. The number of likely N-dealkylation sites (tertiary alicyclic amines) is 1. The van der Waals surface area contributed by atoms with E-state index in [1.165, 1.54) is 34.7 Å². The van der Waals surface area contributed by atoms with Crippen LogP contribution in [0.3, 0.4) is 0 Å². The number of aromatic nitrogens is 3. The maximum absolute atomic E-state index is 12.2. The van der Waals surface area contributed by atoms with Crippen molar-refractivity contribution < 1.29 is 4.79 Å². The lowest BCUT2D eigenvalue weighted by Crippen LogP contribution is -2.34. The first-order valence-corrected chi connectivity index (χ1v) is 12.8. The van der Waals surface area contributed by atoms with E-state index < -0.39 is 0 Å². The summed E-state index contributed by atoms with van der Waals surface area (Å²) in [5.41, 5.74) is 7.36. The summed E-state index contributed by atoms with van der Waals surface area (Å²) in [6, 6.07) is 21.5. The van der Waals surface area contributed by atoms with E-state index >= 15 is 0 Å². The van der Waals surface area contributed by atoms with E-state index in [1.807, 2.05) is 10.5 Å². The fourth-order valence-electron chi connectivity index (χ4n) is 5.77. The molecule has 0 aliphatic carbocycles. The minimum atomic E-state index is -0.161. The van der Waals surface area contributed by atoms with Gasteiger partial charge in [0.15, 0.2) is 5.69 Å². The van der Waals surface area contributed by atoms with Crippen LogP contribution in [0.2, 0.25) is 0 Å². The molecule has 0 atom stereocenters. The Morgan fingerprint density at radius 1 is 0.972 bits per heavy atom. The number of benzene rings is 2. The van der Waals surface area contributed by atoms with E-state index in [9.17, 15) is 4.79 Å². The maximum atomic E-state index is 12.2. The molecular weight excluding hydrogens is 446 g/mol. The summed E-state index contributed by atoms with van der Waals surface area (Å²) >= 11 is 0. The zero-order valence-electron chi connectivity index (χ0n) is 20.9. The highest BCUT2D eigenvalue weighted by molar-refractivity contribution is 6.00. The predicted molar refractivity (Wildman–Crippen MR) is 145 cm³/mol. The fourth-order valence-corrected chi connectivity index (χ4v) is 5.77. The summed E-state index contributed by atoms with van der Waals surface area (Å²) in [7, 11) is 1.63. The van der Waals surface area contributed by atoms with E-state index in [0.717, 1.165) is 48.3 Å². The zero-order valence-corrected chi connectivity index (χ0v) is 20.9. The van der Waals surface area contributed by atoms with Crippen molar-refractivity contribution in [3.63, 3.8) is 0 Å². The van der Waals surface area contributed by atoms with Gasteiger partial charge in [0.05, 0.1) is 16.6 Å². The van der Waals surface area contributed by atoms with E-state index in [1.54, 1.807) is 13.4 Å². The van der Waals surface area contributed by atoms with Crippen LogP contribution in [0.15, 0.2) is 67.0 Å². The summed E-state index contributed by atoms with van der Waals surface area (Å²) in [6.07, 6.45) is 5.11. The molecule has 1 N–H and O–H groups in total. The van der Waals surface area contributed by atoms with Gasteiger partial charge in [-0.1, -0.05) is 36.4 Å². The summed E-state index contributed by atoms with van der Waals surface area (Å²) in [4.78, 5) is 23.9. The summed E-state index contributed by atoms with van der Waals surface area (Å²) in [5, 5.41) is 5.21. The second kappa shape index (κ2) is 9.36. The van der Waals surface area contributed by atoms with Gasteiger partial charge in [0.25, 0.3) is 5.91 Å². The van der Waals surface area contributed by atoms with Gasteiger partial charge in [-0.05, 0) is 80.6 Å². The standard InChI is InChI=1S/C30H31N5O/c1-20-9-10-25-23(6-4-7-26(25)33-20)22-14-17-34(18-15-22)16-13-21-5-3-8-27-24(21)11-12-28-29(30(36)31-2)32-19-35(27)28/h3-12,19,22H,13-18H2,1-2H3,(H,31,36). The Kier molecular flexibility index (Phi) is 5.89. The summed E-state index contributed by atoms with van der Waals surface area (Å²) in [5.74, 6) is 0.433. The second-order valence-corrected chi connectivity index (χ2v) is 9.84.